The van der Waals surface area contributed by atoms with Crippen LogP contribution >= 0.6 is 0 Å². The van der Waals surface area contributed by atoms with Gasteiger partial charge in [0.2, 0.25) is 5.78 Å². The lowest BCUT2D eigenvalue weighted by atomic mass is 10.1. The molecule has 0 radical (unpaired) electrons. The number of likely N-dealkylation sites (tertiary alicyclic amines) is 1. The number of amides is 1. The van der Waals surface area contributed by atoms with Crippen LogP contribution in [0.15, 0.2) is 4.79 Å². The third-order valence-electron chi connectivity index (χ3n) is 3.17. The van der Waals surface area contributed by atoms with E-state index in [1.807, 2.05) is 0 Å². The Balaban J connectivity index is 2.07. The minimum Gasteiger partial charge on any atom is -0.336 e. The molecule has 2 heterocycles. The van der Waals surface area contributed by atoms with Crippen molar-refractivity contribution in [3.63, 3.8) is 0 Å². The van der Waals surface area contributed by atoms with Crippen molar-refractivity contribution in [3.05, 3.63) is 16.3 Å². The molecule has 8 nitrogen and oxygen atoms in total. The summed E-state index contributed by atoms with van der Waals surface area (Å²) in [5.41, 5.74) is -0.387. The van der Waals surface area contributed by atoms with Gasteiger partial charge >= 0.3 is 5.69 Å². The van der Waals surface area contributed by atoms with Crippen LogP contribution in [0.1, 0.15) is 12.2 Å². The Morgan fingerprint density at radius 3 is 2.58 bits per heavy atom. The molecule has 1 aromatic heterocycles. The average Bonchev–Trinajstić information content (AvgIpc) is 2.61. The number of ketones is 1. The number of rotatable bonds is 5. The van der Waals surface area contributed by atoms with E-state index in [0.29, 0.717) is 18.9 Å². The molecule has 8 heteroatoms. The van der Waals surface area contributed by atoms with Crippen LogP contribution in [0.3, 0.4) is 0 Å². The highest BCUT2D eigenvalue weighted by Gasteiger charge is 2.31. The van der Waals surface area contributed by atoms with Crippen molar-refractivity contribution in [2.75, 3.05) is 20.1 Å². The number of likely N-dealkylation sites (N-methyl/N-ethyl adjacent to an activating group) is 1. The average molecular weight is 267 g/mol. The number of nitrogens with one attached hydrogen (secondary N) is 2. The van der Waals surface area contributed by atoms with Crippen LogP contribution in [-0.2, 0) is 16.1 Å². The number of Topliss-reactive ketones (excluding diaryl/α,β-unsaturated/α-hetero) is 1. The molecule has 0 spiro atoms. The van der Waals surface area contributed by atoms with Gasteiger partial charge in [0.05, 0.1) is 12.6 Å². The second kappa shape index (κ2) is 5.35. The first-order valence-corrected chi connectivity index (χ1v) is 6.17. The minimum absolute atomic E-state index is 0.0398. The summed E-state index contributed by atoms with van der Waals surface area (Å²) < 4.78 is 1.15. The van der Waals surface area contributed by atoms with Gasteiger partial charge in [-0.2, -0.15) is 5.10 Å². The maximum Gasteiger partial charge on any atom is 0.343 e. The molecule has 1 aliphatic heterocycles. The summed E-state index contributed by atoms with van der Waals surface area (Å²) in [7, 11) is 1.58. The molecular formula is C11H17N5O3. The third kappa shape index (κ3) is 2.73. The summed E-state index contributed by atoms with van der Waals surface area (Å²) in [5.74, 6) is -0.554. The van der Waals surface area contributed by atoms with Gasteiger partial charge in [-0.3, -0.25) is 14.6 Å². The lowest BCUT2D eigenvalue weighted by molar-refractivity contribution is -0.148. The maximum absolute atomic E-state index is 12.0. The van der Waals surface area contributed by atoms with E-state index in [9.17, 15) is 14.4 Å². The summed E-state index contributed by atoms with van der Waals surface area (Å²) in [4.78, 5) is 39.4. The molecule has 104 valence electrons. The molecule has 0 aromatic carbocycles. The third-order valence-corrected chi connectivity index (χ3v) is 3.17. The van der Waals surface area contributed by atoms with Gasteiger partial charge in [-0.05, 0) is 20.4 Å². The summed E-state index contributed by atoms with van der Waals surface area (Å²) >= 11 is 0. The van der Waals surface area contributed by atoms with Crippen molar-refractivity contribution < 1.29 is 9.59 Å². The molecule has 0 unspecified atom stereocenters. The number of nitrogens with zero attached hydrogens (tertiary/aromatic N) is 3. The molecular weight excluding hydrogens is 250 g/mol. The maximum atomic E-state index is 12.0. The zero-order valence-corrected chi connectivity index (χ0v) is 11.0. The van der Waals surface area contributed by atoms with Gasteiger partial charge in [0.1, 0.15) is 5.82 Å². The van der Waals surface area contributed by atoms with Crippen molar-refractivity contribution in [2.45, 2.75) is 25.9 Å². The quantitative estimate of drug-likeness (QED) is 0.617. The van der Waals surface area contributed by atoms with Gasteiger partial charge in [-0.1, -0.05) is 0 Å². The van der Waals surface area contributed by atoms with Gasteiger partial charge in [-0.15, -0.1) is 0 Å². The topological polar surface area (TPSA) is 100 Å². The first-order valence-electron chi connectivity index (χ1n) is 6.17. The Kier molecular flexibility index (Phi) is 3.79. The van der Waals surface area contributed by atoms with Gasteiger partial charge < -0.3 is 10.2 Å². The van der Waals surface area contributed by atoms with Gasteiger partial charge in [0.25, 0.3) is 5.91 Å². The molecule has 2 rings (SSSR count). The summed E-state index contributed by atoms with van der Waals surface area (Å²) in [6.45, 7) is 2.95. The molecule has 1 saturated heterocycles. The van der Waals surface area contributed by atoms with E-state index in [-0.39, 0.29) is 12.2 Å². The van der Waals surface area contributed by atoms with Crippen LogP contribution in [0, 0.1) is 6.92 Å². The number of hydrogen-bond donors (Lipinski definition) is 2. The van der Waals surface area contributed by atoms with E-state index in [4.69, 9.17) is 0 Å². The fourth-order valence-corrected chi connectivity index (χ4v) is 1.90. The Labute approximate surface area is 109 Å². The first kappa shape index (κ1) is 13.5. The predicted molar refractivity (Wildman–Crippen MR) is 66.6 cm³/mol. The number of aryl methyl sites for hydroxylation is 1. The smallest absolute Gasteiger partial charge is 0.336 e. The SMILES string of the molecule is CN[C@@H](Cn1nc(C)[nH]c1=O)C(=O)C(=O)N1CCC1. The zero-order valence-electron chi connectivity index (χ0n) is 11.0. The number of aromatic amines is 1. The number of carbonyl (C=O) groups is 2. The second-order valence-corrected chi connectivity index (χ2v) is 4.55. The summed E-state index contributed by atoms with van der Waals surface area (Å²) in [5, 5.41) is 6.71. The Morgan fingerprint density at radius 1 is 1.47 bits per heavy atom. The zero-order chi connectivity index (χ0) is 14.0. The van der Waals surface area contributed by atoms with Crippen LogP contribution in [0.25, 0.3) is 0 Å². The first-order chi connectivity index (χ1) is 9.02. The molecule has 1 atom stereocenters. The standard InChI is InChI=1S/C11H17N5O3/c1-7-13-11(19)16(14-7)6-8(12-2)9(17)10(18)15-4-3-5-15/h8,12H,3-6H2,1-2H3,(H,13,14,19)/t8-/m0/s1. The van der Waals surface area contributed by atoms with Crippen molar-refractivity contribution in [2.24, 2.45) is 0 Å². The Hall–Kier alpha value is -1.96. The number of aromatic nitrogens is 3. The molecule has 1 fully saturated rings. The fraction of sp³-hybridized carbons (Fsp3) is 0.636. The van der Waals surface area contributed by atoms with Gasteiger partial charge in [0.15, 0.2) is 0 Å². The predicted octanol–water partition coefficient (Wildman–Crippen LogP) is -1.73. The van der Waals surface area contributed by atoms with E-state index >= 15 is 0 Å². The highest BCUT2D eigenvalue weighted by molar-refractivity contribution is 6.38. The molecule has 0 saturated carbocycles. The minimum atomic E-state index is -0.742. The molecule has 0 aliphatic carbocycles. The Bertz CT molecular complexity index is 543. The van der Waals surface area contributed by atoms with Crippen LogP contribution in [0.4, 0.5) is 0 Å². The highest BCUT2D eigenvalue weighted by atomic mass is 16.2. The van der Waals surface area contributed by atoms with Crippen LogP contribution in [0.2, 0.25) is 0 Å². The number of carbonyl (C=O) groups excluding carboxylic acids is 2. The van der Waals surface area contributed by atoms with Crippen molar-refractivity contribution in [3.8, 4) is 0 Å². The molecule has 2 N–H and O–H groups in total. The van der Waals surface area contributed by atoms with Crippen molar-refractivity contribution >= 4 is 11.7 Å². The summed E-state index contributed by atoms with van der Waals surface area (Å²) in [6, 6.07) is -0.742. The van der Waals surface area contributed by atoms with Gasteiger partial charge in [0, 0.05) is 13.1 Å². The monoisotopic (exact) mass is 267 g/mol. The molecule has 0 bridgehead atoms. The van der Waals surface area contributed by atoms with Crippen LogP contribution in [-0.4, -0.2) is 57.5 Å². The largest absolute Gasteiger partial charge is 0.343 e. The van der Waals surface area contributed by atoms with E-state index in [2.05, 4.69) is 15.4 Å². The highest BCUT2D eigenvalue weighted by Crippen LogP contribution is 2.07. The molecule has 1 aromatic rings. The van der Waals surface area contributed by atoms with E-state index in [0.717, 1.165) is 11.1 Å². The summed E-state index contributed by atoms with van der Waals surface area (Å²) in [6.07, 6.45) is 0.932. The van der Waals surface area contributed by atoms with E-state index < -0.39 is 17.7 Å². The van der Waals surface area contributed by atoms with Crippen LogP contribution < -0.4 is 11.0 Å². The molecule has 19 heavy (non-hydrogen) atoms. The lowest BCUT2D eigenvalue weighted by Gasteiger charge is -2.31. The normalized spacial score (nSPS) is 16.0. The van der Waals surface area contributed by atoms with Crippen LogP contribution in [0.5, 0.6) is 0 Å². The van der Waals surface area contributed by atoms with Crippen molar-refractivity contribution in [1.82, 2.24) is 25.0 Å². The fourth-order valence-electron chi connectivity index (χ4n) is 1.90. The number of hydrogen-bond acceptors (Lipinski definition) is 5. The van der Waals surface area contributed by atoms with Crippen molar-refractivity contribution in [1.29, 1.82) is 0 Å². The second-order valence-electron chi connectivity index (χ2n) is 4.55. The van der Waals surface area contributed by atoms with E-state index in [1.54, 1.807) is 14.0 Å². The van der Waals surface area contributed by atoms with Gasteiger partial charge in [-0.25, -0.2) is 9.48 Å². The lowest BCUT2D eigenvalue weighted by Crippen LogP contribution is -2.52. The molecule has 1 aliphatic rings. The van der Waals surface area contributed by atoms with E-state index in [1.165, 1.54) is 4.90 Å². The Morgan fingerprint density at radius 2 is 2.16 bits per heavy atom. The number of H-pyrrole nitrogens is 1. The molecule has 1 amide bonds.